The molecule has 1 saturated carbocycles. The van der Waals surface area contributed by atoms with Crippen molar-refractivity contribution < 1.29 is 4.79 Å². The van der Waals surface area contributed by atoms with E-state index in [2.05, 4.69) is 26.3 Å². The molecular formula is C14H23BrN4O. The van der Waals surface area contributed by atoms with Crippen molar-refractivity contribution in [2.75, 3.05) is 0 Å². The first kappa shape index (κ1) is 15.5. The summed E-state index contributed by atoms with van der Waals surface area (Å²) in [6.45, 7) is 5.78. The third-order valence-corrected chi connectivity index (χ3v) is 5.25. The number of halogens is 1. The van der Waals surface area contributed by atoms with Gasteiger partial charge in [-0.05, 0) is 62.4 Å². The molecule has 6 heteroatoms. The maximum absolute atomic E-state index is 12.3. The van der Waals surface area contributed by atoms with Crippen molar-refractivity contribution in [2.45, 2.75) is 64.6 Å². The summed E-state index contributed by atoms with van der Waals surface area (Å²) in [5, 5.41) is 7.55. The highest BCUT2D eigenvalue weighted by Gasteiger charge is 2.25. The zero-order valence-corrected chi connectivity index (χ0v) is 13.9. The summed E-state index contributed by atoms with van der Waals surface area (Å²) in [5.41, 5.74) is 7.78. The maximum atomic E-state index is 12.3. The van der Waals surface area contributed by atoms with Gasteiger partial charge in [-0.25, -0.2) is 0 Å². The van der Waals surface area contributed by atoms with E-state index in [-0.39, 0.29) is 18.0 Å². The van der Waals surface area contributed by atoms with Crippen LogP contribution in [-0.2, 0) is 4.79 Å². The van der Waals surface area contributed by atoms with E-state index in [0.29, 0.717) is 6.04 Å². The van der Waals surface area contributed by atoms with Crippen molar-refractivity contribution >= 4 is 21.8 Å². The van der Waals surface area contributed by atoms with E-state index < -0.39 is 0 Å². The molecule has 1 fully saturated rings. The van der Waals surface area contributed by atoms with Gasteiger partial charge in [0.1, 0.15) is 6.04 Å². The van der Waals surface area contributed by atoms with Gasteiger partial charge < -0.3 is 11.1 Å². The molecule has 1 aromatic rings. The zero-order valence-electron chi connectivity index (χ0n) is 12.3. The minimum atomic E-state index is -0.296. The summed E-state index contributed by atoms with van der Waals surface area (Å²) in [4.78, 5) is 12.3. The number of nitrogens with one attached hydrogen (secondary N) is 1. The Kier molecular flexibility index (Phi) is 4.86. The molecule has 1 aliphatic rings. The van der Waals surface area contributed by atoms with Crippen LogP contribution in [0.15, 0.2) is 4.47 Å². The quantitative estimate of drug-likeness (QED) is 0.884. The third kappa shape index (κ3) is 3.23. The highest BCUT2D eigenvalue weighted by molar-refractivity contribution is 9.10. The fraction of sp³-hybridized carbons (Fsp3) is 0.714. The standard InChI is InChI=1S/C14H23BrN4O/c1-8-13(15)9(2)19(18-8)10(3)14(20)17-12-6-4-11(16)5-7-12/h10-12H,4-7,16H2,1-3H3,(H,17,20). The van der Waals surface area contributed by atoms with Crippen LogP contribution in [0, 0.1) is 13.8 Å². The topological polar surface area (TPSA) is 72.9 Å². The molecule has 20 heavy (non-hydrogen) atoms. The van der Waals surface area contributed by atoms with E-state index in [1.54, 1.807) is 4.68 Å². The maximum Gasteiger partial charge on any atom is 0.244 e. The summed E-state index contributed by atoms with van der Waals surface area (Å²) >= 11 is 3.49. The van der Waals surface area contributed by atoms with Gasteiger partial charge in [-0.2, -0.15) is 5.10 Å². The molecule has 3 N–H and O–H groups in total. The Morgan fingerprint density at radius 1 is 1.40 bits per heavy atom. The Hall–Kier alpha value is -0.880. The first-order chi connectivity index (χ1) is 9.40. The number of nitrogens with two attached hydrogens (primary N) is 1. The first-order valence-electron chi connectivity index (χ1n) is 7.17. The molecule has 0 bridgehead atoms. The van der Waals surface area contributed by atoms with Crippen LogP contribution in [0.5, 0.6) is 0 Å². The van der Waals surface area contributed by atoms with Gasteiger partial charge in [0.2, 0.25) is 5.91 Å². The highest BCUT2D eigenvalue weighted by Crippen LogP contribution is 2.23. The van der Waals surface area contributed by atoms with Crippen LogP contribution >= 0.6 is 15.9 Å². The highest BCUT2D eigenvalue weighted by atomic mass is 79.9. The van der Waals surface area contributed by atoms with Crippen LogP contribution in [-0.4, -0.2) is 27.8 Å². The van der Waals surface area contributed by atoms with E-state index in [1.807, 2.05) is 20.8 Å². The predicted molar refractivity (Wildman–Crippen MR) is 82.5 cm³/mol. The van der Waals surface area contributed by atoms with Gasteiger partial charge in [0.05, 0.1) is 15.9 Å². The lowest BCUT2D eigenvalue weighted by atomic mass is 9.91. The van der Waals surface area contributed by atoms with Crippen molar-refractivity contribution in [3.8, 4) is 0 Å². The van der Waals surface area contributed by atoms with E-state index in [0.717, 1.165) is 41.5 Å². The van der Waals surface area contributed by atoms with E-state index in [9.17, 15) is 4.79 Å². The molecular weight excluding hydrogens is 320 g/mol. The predicted octanol–water partition coefficient (Wildman–Crippen LogP) is 2.21. The average molecular weight is 343 g/mol. The van der Waals surface area contributed by atoms with Crippen molar-refractivity contribution in [1.82, 2.24) is 15.1 Å². The summed E-state index contributed by atoms with van der Waals surface area (Å²) in [7, 11) is 0. The number of aromatic nitrogens is 2. The zero-order chi connectivity index (χ0) is 14.9. The molecule has 112 valence electrons. The lowest BCUT2D eigenvalue weighted by Crippen LogP contribution is -2.43. The Balaban J connectivity index is 2.00. The summed E-state index contributed by atoms with van der Waals surface area (Å²) in [5.74, 6) is 0.0311. The normalized spacial score (nSPS) is 24.4. The Bertz CT molecular complexity index is 492. The van der Waals surface area contributed by atoms with Crippen LogP contribution in [0.4, 0.5) is 0 Å². The number of amides is 1. The summed E-state index contributed by atoms with van der Waals surface area (Å²) in [6, 6.07) is 0.258. The van der Waals surface area contributed by atoms with E-state index in [4.69, 9.17) is 5.73 Å². The molecule has 5 nitrogen and oxygen atoms in total. The summed E-state index contributed by atoms with van der Waals surface area (Å²) < 4.78 is 2.75. The lowest BCUT2D eigenvalue weighted by molar-refractivity contribution is -0.125. The average Bonchev–Trinajstić information content (AvgIpc) is 2.68. The monoisotopic (exact) mass is 342 g/mol. The molecule has 0 radical (unpaired) electrons. The van der Waals surface area contributed by atoms with Crippen molar-refractivity contribution in [2.24, 2.45) is 5.73 Å². The van der Waals surface area contributed by atoms with Gasteiger partial charge >= 0.3 is 0 Å². The van der Waals surface area contributed by atoms with E-state index >= 15 is 0 Å². The molecule has 0 saturated heterocycles. The van der Waals surface area contributed by atoms with Gasteiger partial charge in [0.15, 0.2) is 0 Å². The van der Waals surface area contributed by atoms with Gasteiger partial charge in [0.25, 0.3) is 0 Å². The largest absolute Gasteiger partial charge is 0.352 e. The number of aryl methyl sites for hydroxylation is 1. The first-order valence-corrected chi connectivity index (χ1v) is 7.96. The number of hydrogen-bond donors (Lipinski definition) is 2. The minimum Gasteiger partial charge on any atom is -0.352 e. The Labute approximate surface area is 128 Å². The Morgan fingerprint density at radius 3 is 2.50 bits per heavy atom. The van der Waals surface area contributed by atoms with Gasteiger partial charge in [-0.15, -0.1) is 0 Å². The Morgan fingerprint density at radius 2 is 2.00 bits per heavy atom. The molecule has 1 aliphatic carbocycles. The molecule has 2 rings (SSSR count). The number of nitrogens with zero attached hydrogens (tertiary/aromatic N) is 2. The molecule has 0 spiro atoms. The second-order valence-electron chi connectivity index (χ2n) is 5.73. The van der Waals surface area contributed by atoms with E-state index in [1.165, 1.54) is 0 Å². The SMILES string of the molecule is Cc1nn(C(C)C(=O)NC2CCC(N)CC2)c(C)c1Br. The van der Waals surface area contributed by atoms with Gasteiger partial charge in [0, 0.05) is 12.1 Å². The second-order valence-corrected chi connectivity index (χ2v) is 6.52. The van der Waals surface area contributed by atoms with Crippen LogP contribution in [0.3, 0.4) is 0 Å². The van der Waals surface area contributed by atoms with Crippen molar-refractivity contribution in [3.63, 3.8) is 0 Å². The van der Waals surface area contributed by atoms with Crippen molar-refractivity contribution in [3.05, 3.63) is 15.9 Å². The van der Waals surface area contributed by atoms with Crippen LogP contribution in [0.2, 0.25) is 0 Å². The fourth-order valence-electron chi connectivity index (χ4n) is 2.72. The third-order valence-electron chi connectivity index (χ3n) is 4.10. The molecule has 0 aliphatic heterocycles. The number of carbonyl (C=O) groups is 1. The van der Waals surface area contributed by atoms with Gasteiger partial charge in [-0.3, -0.25) is 9.48 Å². The number of rotatable bonds is 3. The second kappa shape index (κ2) is 6.26. The molecule has 1 unspecified atom stereocenters. The summed E-state index contributed by atoms with van der Waals surface area (Å²) in [6.07, 6.45) is 3.93. The van der Waals surface area contributed by atoms with Gasteiger partial charge in [-0.1, -0.05) is 0 Å². The molecule has 1 atom stereocenters. The van der Waals surface area contributed by atoms with Crippen LogP contribution in [0.1, 0.15) is 50.0 Å². The smallest absolute Gasteiger partial charge is 0.244 e. The fourth-order valence-corrected chi connectivity index (χ4v) is 2.98. The molecule has 1 amide bonds. The lowest BCUT2D eigenvalue weighted by Gasteiger charge is -2.28. The van der Waals surface area contributed by atoms with Crippen LogP contribution in [0.25, 0.3) is 0 Å². The number of carbonyl (C=O) groups excluding carboxylic acids is 1. The van der Waals surface area contributed by atoms with Crippen LogP contribution < -0.4 is 11.1 Å². The number of hydrogen-bond acceptors (Lipinski definition) is 3. The molecule has 0 aromatic carbocycles. The van der Waals surface area contributed by atoms with Crippen molar-refractivity contribution in [1.29, 1.82) is 0 Å². The molecule has 1 heterocycles. The molecule has 1 aromatic heterocycles. The minimum absolute atomic E-state index is 0.0311.